The van der Waals surface area contributed by atoms with Crippen LogP contribution in [0.5, 0.6) is 11.5 Å². The molecule has 8 nitrogen and oxygen atoms in total. The van der Waals surface area contributed by atoms with E-state index in [-0.39, 0.29) is 24.7 Å². The lowest BCUT2D eigenvalue weighted by atomic mass is 9.76. The van der Waals surface area contributed by atoms with Crippen molar-refractivity contribution in [1.29, 1.82) is 0 Å². The number of fused-ring (bicyclic) bond motifs is 2. The smallest absolute Gasteiger partial charge is 0.235 e. The molecule has 11 heteroatoms. The van der Waals surface area contributed by atoms with E-state index in [1.54, 1.807) is 16.7 Å². The molecule has 4 N–H and O–H groups in total. The summed E-state index contributed by atoms with van der Waals surface area (Å²) in [6.45, 7) is 3.10. The van der Waals surface area contributed by atoms with Crippen LogP contribution in [0.3, 0.4) is 0 Å². The number of nitrogens with zero attached hydrogens (tertiary/aromatic N) is 1. The molecule has 1 fully saturated rings. The monoisotopic (exact) mass is 508 g/mol. The van der Waals surface area contributed by atoms with E-state index in [4.69, 9.17) is 9.47 Å². The van der Waals surface area contributed by atoms with Gasteiger partial charge in [0.05, 0.1) is 42.5 Å². The van der Waals surface area contributed by atoms with E-state index in [0.29, 0.717) is 40.9 Å². The highest BCUT2D eigenvalue weighted by atomic mass is 19.1. The molecule has 0 bridgehead atoms. The molecule has 0 saturated heterocycles. The van der Waals surface area contributed by atoms with Gasteiger partial charge in [0, 0.05) is 22.6 Å². The largest absolute Gasteiger partial charge is 0.467 e. The maximum absolute atomic E-state index is 15.3. The lowest BCUT2D eigenvalue weighted by Gasteiger charge is -2.25. The normalized spacial score (nSPS) is 18.1. The number of halogens is 1. The summed E-state index contributed by atoms with van der Waals surface area (Å²) in [6.07, 6.45) is 0.222. The highest BCUT2D eigenvalue weighted by molar-refractivity contribution is 6.38. The zero-order valence-corrected chi connectivity index (χ0v) is 21.5. The fourth-order valence-corrected chi connectivity index (χ4v) is 5.02. The first-order valence-corrected chi connectivity index (χ1v) is 12.5. The number of aliphatic hydroxyl groups excluding tert-OH is 3. The Morgan fingerprint density at radius 3 is 2.51 bits per heavy atom. The molecule has 0 spiro atoms. The summed E-state index contributed by atoms with van der Waals surface area (Å²) in [5.41, 5.74) is -0.192. The molecule has 2 aliphatic rings. The number of anilines is 1. The lowest BCUT2D eigenvalue weighted by molar-refractivity contribution is -0.118. The van der Waals surface area contributed by atoms with Crippen molar-refractivity contribution in [3.8, 4) is 11.5 Å². The summed E-state index contributed by atoms with van der Waals surface area (Å²) in [6, 6.07) is 10.2. The second-order valence-corrected chi connectivity index (χ2v) is 11.2. The maximum atomic E-state index is 15.3. The van der Waals surface area contributed by atoms with Crippen molar-refractivity contribution in [1.82, 2.24) is 4.57 Å². The van der Waals surface area contributed by atoms with Crippen LogP contribution in [0.1, 0.15) is 37.9 Å². The van der Waals surface area contributed by atoms with Gasteiger partial charge in [-0.25, -0.2) is 4.39 Å². The highest BCUT2D eigenvalue weighted by Gasteiger charge is 2.52. The van der Waals surface area contributed by atoms with E-state index >= 15 is 4.39 Å². The molecule has 2 heterocycles. The average molecular weight is 508 g/mol. The van der Waals surface area contributed by atoms with E-state index in [1.807, 2.05) is 47.7 Å². The summed E-state index contributed by atoms with van der Waals surface area (Å²) in [5, 5.41) is 32.8. The molecule has 2 aromatic carbocycles. The number of aliphatic hydroxyl groups is 3. The van der Waals surface area contributed by atoms with Gasteiger partial charge in [0.25, 0.3) is 0 Å². The number of carbonyl (C=O) groups is 1. The van der Waals surface area contributed by atoms with E-state index in [1.165, 1.54) is 6.07 Å². The molecule has 0 radical (unpaired) electrons. The topological polar surface area (TPSA) is 113 Å². The van der Waals surface area contributed by atoms with Crippen molar-refractivity contribution in [2.75, 3.05) is 18.5 Å². The van der Waals surface area contributed by atoms with Gasteiger partial charge in [0.2, 0.25) is 5.91 Å². The molecule has 1 aromatic heterocycles. The van der Waals surface area contributed by atoms with Crippen LogP contribution in [0.2, 0.25) is 0 Å². The van der Waals surface area contributed by atoms with Crippen molar-refractivity contribution in [2.45, 2.75) is 55.8 Å². The number of rotatable bonds is 8. The van der Waals surface area contributed by atoms with Gasteiger partial charge in [-0.15, -0.1) is 0 Å². The first-order valence-electron chi connectivity index (χ1n) is 12.5. The Labute approximate surface area is 216 Å². The maximum Gasteiger partial charge on any atom is 0.235 e. The Morgan fingerprint density at radius 1 is 1.16 bits per heavy atom. The van der Waals surface area contributed by atoms with Crippen LogP contribution in [0, 0.1) is 5.82 Å². The van der Waals surface area contributed by atoms with Gasteiger partial charge >= 0.3 is 0 Å². The Kier molecular flexibility index (Phi) is 6.09. The van der Waals surface area contributed by atoms with Gasteiger partial charge in [-0.3, -0.25) is 4.79 Å². The summed E-state index contributed by atoms with van der Waals surface area (Å²) < 4.78 is 28.6. The number of benzene rings is 2. The van der Waals surface area contributed by atoms with Crippen LogP contribution in [-0.2, 0) is 22.2 Å². The van der Waals surface area contributed by atoms with Crippen LogP contribution in [0.4, 0.5) is 10.1 Å². The molecule has 0 unspecified atom stereocenters. The Hall–Kier alpha value is -3.01. The first kappa shape index (κ1) is 25.6. The van der Waals surface area contributed by atoms with Crippen LogP contribution >= 0.6 is 0 Å². The number of nitrogens with one attached hydrogen (secondary N) is 1. The SMILES string of the molecule is BC1(B)Oc2ccc(C3(C(=O)Nc4cc5cc(C(C)(C)CO)n(C[C@@H](O)CO)c5cc4F)CC3)cc2O1. The number of hydrogen-bond acceptors (Lipinski definition) is 6. The van der Waals surface area contributed by atoms with Gasteiger partial charge < -0.3 is 34.7 Å². The van der Waals surface area contributed by atoms with E-state index in [0.717, 1.165) is 5.56 Å². The minimum Gasteiger partial charge on any atom is -0.467 e. The van der Waals surface area contributed by atoms with Gasteiger partial charge in [-0.1, -0.05) is 19.9 Å². The number of amides is 1. The summed E-state index contributed by atoms with van der Waals surface area (Å²) >= 11 is 0. The zero-order valence-electron chi connectivity index (χ0n) is 21.5. The Morgan fingerprint density at radius 2 is 1.86 bits per heavy atom. The second kappa shape index (κ2) is 8.79. The van der Waals surface area contributed by atoms with Gasteiger partial charge in [-0.2, -0.15) is 0 Å². The van der Waals surface area contributed by atoms with Crippen molar-refractivity contribution in [3.63, 3.8) is 0 Å². The van der Waals surface area contributed by atoms with E-state index in [2.05, 4.69) is 5.32 Å². The number of aromatic nitrogens is 1. The van der Waals surface area contributed by atoms with Gasteiger partial charge in [0.15, 0.2) is 32.8 Å². The zero-order chi connectivity index (χ0) is 26.8. The van der Waals surface area contributed by atoms with Crippen LogP contribution in [0.15, 0.2) is 36.4 Å². The van der Waals surface area contributed by atoms with Crippen molar-refractivity contribution in [3.05, 3.63) is 53.5 Å². The van der Waals surface area contributed by atoms with Crippen molar-refractivity contribution in [2.24, 2.45) is 0 Å². The third-order valence-corrected chi connectivity index (χ3v) is 7.32. The first-order chi connectivity index (χ1) is 17.4. The quantitative estimate of drug-likeness (QED) is 0.334. The predicted octanol–water partition coefficient (Wildman–Crippen LogP) is 0.723. The Bertz CT molecular complexity index is 1390. The number of hydrogen-bond donors (Lipinski definition) is 4. The minimum absolute atomic E-state index is 0.0357. The van der Waals surface area contributed by atoms with Gasteiger partial charge in [-0.05, 0) is 42.7 Å². The second-order valence-electron chi connectivity index (χ2n) is 11.2. The minimum atomic E-state index is -1.05. The highest BCUT2D eigenvalue weighted by Crippen LogP contribution is 2.52. The molecular formula is C26H31B2FN2O6. The van der Waals surface area contributed by atoms with E-state index in [9.17, 15) is 20.1 Å². The van der Waals surface area contributed by atoms with Crippen molar-refractivity contribution >= 4 is 38.2 Å². The summed E-state index contributed by atoms with van der Waals surface area (Å²) in [5.74, 6) is 0.295. The predicted molar refractivity (Wildman–Crippen MR) is 142 cm³/mol. The third-order valence-electron chi connectivity index (χ3n) is 7.32. The number of ether oxygens (including phenoxy) is 2. The van der Waals surface area contributed by atoms with Gasteiger partial charge in [0.1, 0.15) is 5.82 Å². The molecule has 1 atom stereocenters. The molecule has 1 saturated carbocycles. The lowest BCUT2D eigenvalue weighted by Crippen LogP contribution is -2.39. The molecular weight excluding hydrogens is 477 g/mol. The molecule has 1 aliphatic heterocycles. The fourth-order valence-electron chi connectivity index (χ4n) is 5.02. The molecule has 1 amide bonds. The molecule has 194 valence electrons. The summed E-state index contributed by atoms with van der Waals surface area (Å²) in [7, 11) is 3.63. The average Bonchev–Trinajstić information content (AvgIpc) is 3.50. The third kappa shape index (κ3) is 4.49. The Balaban J connectivity index is 1.46. The van der Waals surface area contributed by atoms with Crippen molar-refractivity contribution < 1.29 is 34.0 Å². The number of carbonyl (C=O) groups excluding carboxylic acids is 1. The molecule has 37 heavy (non-hydrogen) atoms. The standard InChI is InChI=1S/C26H31B2FN2O6/c1-24(2,13-33)22-8-14-7-18(17(29)10-19(14)31(22)11-16(34)12-32)30-23(35)25(5-6-25)15-3-4-20-21(9-15)37-26(27,28)36-20/h3-4,7-10,16,32-34H,5-6,11-13,27-28H2,1-2H3,(H,30,35)/t16-/m1/s1. The fraction of sp³-hybridized carbons (Fsp3) is 0.423. The summed E-state index contributed by atoms with van der Waals surface area (Å²) in [4.78, 5) is 13.4. The van der Waals surface area contributed by atoms with Crippen LogP contribution in [0.25, 0.3) is 10.9 Å². The van der Waals surface area contributed by atoms with E-state index < -0.39 is 34.9 Å². The molecule has 1 aliphatic carbocycles. The molecule has 5 rings (SSSR count). The van der Waals surface area contributed by atoms with Crippen LogP contribution in [-0.4, -0.2) is 66.4 Å². The molecule has 3 aromatic rings. The van der Waals surface area contributed by atoms with Crippen LogP contribution < -0.4 is 14.8 Å².